The van der Waals surface area contributed by atoms with E-state index < -0.39 is 0 Å². The molecule has 4 heteroatoms. The van der Waals surface area contributed by atoms with Crippen LogP contribution in [0.1, 0.15) is 57.9 Å². The number of aromatic nitrogens is 2. The summed E-state index contributed by atoms with van der Waals surface area (Å²) in [6.07, 6.45) is 12.3. The Morgan fingerprint density at radius 2 is 2.00 bits per heavy atom. The number of nitrogens with zero attached hydrogens (tertiary/aromatic N) is 3. The zero-order valence-electron chi connectivity index (χ0n) is 13.6. The summed E-state index contributed by atoms with van der Waals surface area (Å²) in [7, 11) is 0. The second kappa shape index (κ2) is 8.32. The van der Waals surface area contributed by atoms with Crippen LogP contribution >= 0.6 is 0 Å². The van der Waals surface area contributed by atoms with Crippen molar-refractivity contribution in [3.05, 3.63) is 18.0 Å². The first-order valence-electron chi connectivity index (χ1n) is 8.54. The number of hydrogen-bond donors (Lipinski definition) is 1. The predicted octanol–water partition coefficient (Wildman–Crippen LogP) is 3.16. The fraction of sp³-hybridized carbons (Fsp3) is 0.765. The van der Waals surface area contributed by atoms with Crippen molar-refractivity contribution >= 4 is 5.95 Å². The molecule has 0 aliphatic carbocycles. The molecule has 1 saturated heterocycles. The van der Waals surface area contributed by atoms with Gasteiger partial charge < -0.3 is 10.6 Å². The van der Waals surface area contributed by atoms with Gasteiger partial charge in [-0.3, -0.25) is 0 Å². The third kappa shape index (κ3) is 4.95. The van der Waals surface area contributed by atoms with Gasteiger partial charge in [-0.05, 0) is 43.6 Å². The van der Waals surface area contributed by atoms with Gasteiger partial charge in [0, 0.05) is 31.5 Å². The molecule has 0 radical (unpaired) electrons. The SMILES string of the molecule is CCCC1CCCN(c2ncc(CC(N)CC)cn2)CC1. The first-order valence-corrected chi connectivity index (χ1v) is 8.54. The Morgan fingerprint density at radius 1 is 1.24 bits per heavy atom. The van der Waals surface area contributed by atoms with E-state index in [1.807, 2.05) is 12.4 Å². The Hall–Kier alpha value is -1.16. The highest BCUT2D eigenvalue weighted by Gasteiger charge is 2.18. The molecule has 0 saturated carbocycles. The van der Waals surface area contributed by atoms with Crippen LogP contribution in [0.4, 0.5) is 5.95 Å². The highest BCUT2D eigenvalue weighted by molar-refractivity contribution is 5.30. The summed E-state index contributed by atoms with van der Waals surface area (Å²) in [5, 5.41) is 0. The molecule has 21 heavy (non-hydrogen) atoms. The van der Waals surface area contributed by atoms with Gasteiger partial charge in [0.2, 0.25) is 5.95 Å². The van der Waals surface area contributed by atoms with Crippen LogP contribution in [0.25, 0.3) is 0 Å². The third-order valence-electron chi connectivity index (χ3n) is 4.54. The van der Waals surface area contributed by atoms with E-state index in [9.17, 15) is 0 Å². The monoisotopic (exact) mass is 290 g/mol. The molecule has 1 aliphatic heterocycles. The first-order chi connectivity index (χ1) is 10.2. The molecule has 2 rings (SSSR count). The van der Waals surface area contributed by atoms with Gasteiger partial charge in [-0.1, -0.05) is 26.7 Å². The molecule has 2 N–H and O–H groups in total. The Labute approximate surface area is 129 Å². The van der Waals surface area contributed by atoms with Crippen molar-refractivity contribution in [2.45, 2.75) is 64.8 Å². The summed E-state index contributed by atoms with van der Waals surface area (Å²) in [4.78, 5) is 11.5. The molecule has 1 fully saturated rings. The zero-order chi connectivity index (χ0) is 15.1. The van der Waals surface area contributed by atoms with E-state index in [0.717, 1.165) is 43.4 Å². The first kappa shape index (κ1) is 16.2. The Bertz CT molecular complexity index is 404. The maximum atomic E-state index is 5.98. The van der Waals surface area contributed by atoms with Crippen molar-refractivity contribution in [1.82, 2.24) is 9.97 Å². The van der Waals surface area contributed by atoms with Crippen LogP contribution in [0.2, 0.25) is 0 Å². The number of anilines is 1. The van der Waals surface area contributed by atoms with Gasteiger partial charge in [0.15, 0.2) is 0 Å². The van der Waals surface area contributed by atoms with E-state index >= 15 is 0 Å². The van der Waals surface area contributed by atoms with Crippen molar-refractivity contribution in [2.75, 3.05) is 18.0 Å². The molecule has 0 aromatic carbocycles. The van der Waals surface area contributed by atoms with Crippen LogP contribution in [0.3, 0.4) is 0 Å². The summed E-state index contributed by atoms with van der Waals surface area (Å²) in [6.45, 7) is 6.59. The van der Waals surface area contributed by atoms with Gasteiger partial charge >= 0.3 is 0 Å². The summed E-state index contributed by atoms with van der Waals surface area (Å²) < 4.78 is 0. The molecule has 2 heterocycles. The average Bonchev–Trinajstić information content (AvgIpc) is 2.74. The largest absolute Gasteiger partial charge is 0.341 e. The summed E-state index contributed by atoms with van der Waals surface area (Å²) in [6, 6.07) is 0.215. The molecule has 1 aromatic heterocycles. The lowest BCUT2D eigenvalue weighted by Gasteiger charge is -2.20. The van der Waals surface area contributed by atoms with Crippen molar-refractivity contribution < 1.29 is 0 Å². The van der Waals surface area contributed by atoms with Gasteiger partial charge in [0.25, 0.3) is 0 Å². The topological polar surface area (TPSA) is 55.0 Å². The molecule has 0 amide bonds. The lowest BCUT2D eigenvalue weighted by molar-refractivity contribution is 0.435. The highest BCUT2D eigenvalue weighted by atomic mass is 15.2. The van der Waals surface area contributed by atoms with Crippen LogP contribution in [0.5, 0.6) is 0 Å². The van der Waals surface area contributed by atoms with Crippen LogP contribution in [0, 0.1) is 5.92 Å². The second-order valence-electron chi connectivity index (χ2n) is 6.34. The van der Waals surface area contributed by atoms with Crippen LogP contribution < -0.4 is 10.6 Å². The molecule has 1 aromatic rings. The van der Waals surface area contributed by atoms with Crippen LogP contribution in [-0.2, 0) is 6.42 Å². The normalized spacial score (nSPS) is 21.1. The zero-order valence-corrected chi connectivity index (χ0v) is 13.6. The number of rotatable bonds is 6. The number of hydrogen-bond acceptors (Lipinski definition) is 4. The maximum Gasteiger partial charge on any atom is 0.225 e. The maximum absolute atomic E-state index is 5.98. The molecule has 118 valence electrons. The lowest BCUT2D eigenvalue weighted by Crippen LogP contribution is -2.26. The van der Waals surface area contributed by atoms with Gasteiger partial charge in [-0.25, -0.2) is 9.97 Å². The van der Waals surface area contributed by atoms with E-state index in [4.69, 9.17) is 5.73 Å². The molecule has 0 spiro atoms. The van der Waals surface area contributed by atoms with Crippen molar-refractivity contribution in [2.24, 2.45) is 11.7 Å². The van der Waals surface area contributed by atoms with E-state index in [0.29, 0.717) is 0 Å². The molecular formula is C17H30N4. The second-order valence-corrected chi connectivity index (χ2v) is 6.34. The third-order valence-corrected chi connectivity index (χ3v) is 4.54. The fourth-order valence-corrected chi connectivity index (χ4v) is 3.13. The standard InChI is InChI=1S/C17H30N4/c1-3-6-14-7-5-9-21(10-8-14)17-19-12-15(13-20-17)11-16(18)4-2/h12-14,16H,3-11,18H2,1-2H3. The van der Waals surface area contributed by atoms with Crippen molar-refractivity contribution in [3.8, 4) is 0 Å². The quantitative estimate of drug-likeness (QED) is 0.874. The Morgan fingerprint density at radius 3 is 2.67 bits per heavy atom. The van der Waals surface area contributed by atoms with Crippen molar-refractivity contribution in [3.63, 3.8) is 0 Å². The smallest absolute Gasteiger partial charge is 0.225 e. The van der Waals surface area contributed by atoms with E-state index in [2.05, 4.69) is 28.7 Å². The average molecular weight is 290 g/mol. The summed E-state index contributed by atoms with van der Waals surface area (Å²) in [5.74, 6) is 1.78. The van der Waals surface area contributed by atoms with Crippen molar-refractivity contribution in [1.29, 1.82) is 0 Å². The van der Waals surface area contributed by atoms with E-state index in [1.165, 1.54) is 32.1 Å². The predicted molar refractivity (Wildman–Crippen MR) is 88.5 cm³/mol. The molecule has 0 bridgehead atoms. The molecule has 2 atom stereocenters. The fourth-order valence-electron chi connectivity index (χ4n) is 3.13. The Balaban J connectivity index is 1.92. The van der Waals surface area contributed by atoms with Gasteiger partial charge in [-0.15, -0.1) is 0 Å². The van der Waals surface area contributed by atoms with E-state index in [-0.39, 0.29) is 6.04 Å². The molecule has 2 unspecified atom stereocenters. The minimum absolute atomic E-state index is 0.215. The minimum Gasteiger partial charge on any atom is -0.341 e. The molecular weight excluding hydrogens is 260 g/mol. The van der Waals surface area contributed by atoms with Gasteiger partial charge in [0.05, 0.1) is 0 Å². The Kier molecular flexibility index (Phi) is 6.43. The van der Waals surface area contributed by atoms with Gasteiger partial charge in [0.1, 0.15) is 0 Å². The summed E-state index contributed by atoms with van der Waals surface area (Å²) >= 11 is 0. The number of nitrogens with two attached hydrogens (primary N) is 1. The summed E-state index contributed by atoms with van der Waals surface area (Å²) in [5.41, 5.74) is 7.13. The molecule has 4 nitrogen and oxygen atoms in total. The van der Waals surface area contributed by atoms with Crippen LogP contribution in [-0.4, -0.2) is 29.1 Å². The highest BCUT2D eigenvalue weighted by Crippen LogP contribution is 2.23. The minimum atomic E-state index is 0.215. The van der Waals surface area contributed by atoms with Crippen LogP contribution in [0.15, 0.2) is 12.4 Å². The molecule has 1 aliphatic rings. The lowest BCUT2D eigenvalue weighted by atomic mass is 9.96. The van der Waals surface area contributed by atoms with Gasteiger partial charge in [-0.2, -0.15) is 0 Å². The van der Waals surface area contributed by atoms with E-state index in [1.54, 1.807) is 0 Å².